The first kappa shape index (κ1) is 51.5. The number of nitrogens with one attached hydrogen (secondary N) is 1. The van der Waals surface area contributed by atoms with Crippen LogP contribution >= 0.6 is 0 Å². The Kier molecular flexibility index (Phi) is 41.4. The van der Waals surface area contributed by atoms with Crippen molar-refractivity contribution in [2.45, 2.75) is 103 Å². The molecular weight excluding hydrogens is 618 g/mol. The van der Waals surface area contributed by atoms with Crippen LogP contribution in [0.1, 0.15) is 96.8 Å². The number of carboxylic acids is 2. The van der Waals surface area contributed by atoms with Crippen molar-refractivity contribution < 1.29 is 115 Å². The third-order valence-corrected chi connectivity index (χ3v) is 6.02. The normalized spacial score (nSPS) is 11.5. The molecule has 0 aliphatic rings. The minimum Gasteiger partial charge on any atom is -0.549 e. The zero-order valence-electron chi connectivity index (χ0n) is 25.2. The summed E-state index contributed by atoms with van der Waals surface area (Å²) in [5.74, 6) is -6.41. The van der Waals surface area contributed by atoms with E-state index in [0.717, 1.165) is 12.8 Å². The van der Waals surface area contributed by atoms with Crippen molar-refractivity contribution in [2.75, 3.05) is 18.1 Å². The molecule has 6 N–H and O–H groups in total. The summed E-state index contributed by atoms with van der Waals surface area (Å²) in [4.78, 5) is 30.1. The maximum Gasteiger partial charge on any atom is 1.00 e. The maximum absolute atomic E-state index is 11.4. The average molecular weight is 665 g/mol. The fourth-order valence-corrected chi connectivity index (χ4v) is 3.57. The molecule has 0 heterocycles. The molecule has 18 heteroatoms. The predicted octanol–water partition coefficient (Wildman–Crippen LogP) is -6.33. The Balaban J connectivity index is -0.000000208. The van der Waals surface area contributed by atoms with E-state index in [-0.39, 0.29) is 71.6 Å². The molecular formula is C24H46N2Na2O12S2. The van der Waals surface area contributed by atoms with E-state index in [4.69, 9.17) is 14.8 Å². The number of hydrogen-bond acceptors (Lipinski definition) is 11. The monoisotopic (exact) mass is 664 g/mol. The van der Waals surface area contributed by atoms with E-state index in [1.54, 1.807) is 0 Å². The van der Waals surface area contributed by atoms with Crippen LogP contribution in [-0.2, 0) is 34.6 Å². The van der Waals surface area contributed by atoms with Crippen molar-refractivity contribution in [1.29, 1.82) is 0 Å². The standard InChI is InChI=1S/C20H40N2O2.2C2H4O5S.2Na/c1-2-3-4-5-6-7-8-9-10-11-12-13-14-15-16-17-19(23)22-20(24)18-21;2*3-2(4)1-8(5,6)7;;/h9-10,20,24H,2-8,11-18,21H2,1H3,(H,22,23);2*1H2,(H,3,4)(H,5,6,7);;/q;;;2*+1/p-2/b10-9-;;;;. The van der Waals surface area contributed by atoms with Gasteiger partial charge in [0.2, 0.25) is 5.91 Å². The van der Waals surface area contributed by atoms with Crippen LogP contribution < -0.4 is 80.4 Å². The molecule has 0 spiro atoms. The van der Waals surface area contributed by atoms with Crippen molar-refractivity contribution in [3.63, 3.8) is 0 Å². The van der Waals surface area contributed by atoms with Crippen LogP contribution in [0.5, 0.6) is 0 Å². The number of aliphatic carboxylic acids is 2. The van der Waals surface area contributed by atoms with E-state index < -0.39 is 49.9 Å². The molecule has 0 aliphatic heterocycles. The fraction of sp³-hybridized carbons (Fsp3) is 0.792. The number of unbranched alkanes of at least 4 members (excludes halogenated alkanes) is 11. The number of nitrogens with two attached hydrogens (primary N) is 1. The number of amides is 1. The van der Waals surface area contributed by atoms with Gasteiger partial charge in [-0.2, -0.15) is 16.8 Å². The second-order valence-corrected chi connectivity index (χ2v) is 11.8. The van der Waals surface area contributed by atoms with Crippen LogP contribution in [-0.4, -0.2) is 73.2 Å². The van der Waals surface area contributed by atoms with Crippen LogP contribution in [0.25, 0.3) is 0 Å². The second kappa shape index (κ2) is 33.8. The first-order chi connectivity index (χ1) is 18.5. The van der Waals surface area contributed by atoms with Crippen LogP contribution in [0, 0.1) is 0 Å². The molecule has 0 aromatic carbocycles. The smallest absolute Gasteiger partial charge is 0.549 e. The van der Waals surface area contributed by atoms with Crippen molar-refractivity contribution in [3.8, 4) is 0 Å². The van der Waals surface area contributed by atoms with Gasteiger partial charge in [0.15, 0.2) is 0 Å². The van der Waals surface area contributed by atoms with Crippen molar-refractivity contribution in [2.24, 2.45) is 5.73 Å². The van der Waals surface area contributed by atoms with Crippen LogP contribution in [0.15, 0.2) is 12.2 Å². The first-order valence-electron chi connectivity index (χ1n) is 13.2. The quantitative estimate of drug-likeness (QED) is 0.0252. The Morgan fingerprint density at radius 1 is 0.738 bits per heavy atom. The number of hydrogen-bond donors (Lipinski definition) is 5. The van der Waals surface area contributed by atoms with Gasteiger partial charge in [0, 0.05) is 13.0 Å². The summed E-state index contributed by atoms with van der Waals surface area (Å²) >= 11 is 0. The van der Waals surface area contributed by atoms with Gasteiger partial charge < -0.3 is 36.0 Å². The van der Waals surface area contributed by atoms with Gasteiger partial charge in [-0.25, -0.2) is 0 Å². The Labute approximate surface area is 294 Å². The van der Waals surface area contributed by atoms with Gasteiger partial charge in [-0.05, 0) is 32.1 Å². The molecule has 1 atom stereocenters. The molecule has 0 rings (SSSR count). The summed E-state index contributed by atoms with van der Waals surface area (Å²) in [6.45, 7) is 2.33. The third kappa shape index (κ3) is 55.8. The molecule has 238 valence electrons. The zero-order valence-corrected chi connectivity index (χ0v) is 30.8. The van der Waals surface area contributed by atoms with Crippen molar-refractivity contribution in [1.82, 2.24) is 5.32 Å². The number of rotatable bonds is 21. The first-order valence-corrected chi connectivity index (χ1v) is 16.4. The van der Waals surface area contributed by atoms with Gasteiger partial charge in [0.05, 0.1) is 11.9 Å². The van der Waals surface area contributed by atoms with E-state index in [2.05, 4.69) is 24.4 Å². The van der Waals surface area contributed by atoms with E-state index in [1.165, 1.54) is 70.6 Å². The predicted molar refractivity (Wildman–Crippen MR) is 146 cm³/mol. The average Bonchev–Trinajstić information content (AvgIpc) is 2.79. The summed E-state index contributed by atoms with van der Waals surface area (Å²) < 4.78 is 53.8. The SMILES string of the molecule is CCCCCCCC/C=C\CCCCCCCC(=O)NC(O)CN.O=C([O-])CS(=O)(=O)O.O=C([O-])CS(=O)(=O)O.[Na+].[Na+]. The van der Waals surface area contributed by atoms with Gasteiger partial charge in [-0.15, -0.1) is 0 Å². The third-order valence-electron chi connectivity index (χ3n) is 4.82. The van der Waals surface area contributed by atoms with E-state index in [0.29, 0.717) is 6.42 Å². The van der Waals surface area contributed by atoms with E-state index >= 15 is 0 Å². The van der Waals surface area contributed by atoms with E-state index in [9.17, 15) is 46.5 Å². The number of carbonyl (C=O) groups excluding carboxylic acids is 3. The molecule has 1 amide bonds. The van der Waals surface area contributed by atoms with E-state index in [1.807, 2.05) is 0 Å². The second-order valence-electron chi connectivity index (χ2n) is 8.85. The summed E-state index contributed by atoms with van der Waals surface area (Å²) in [5.41, 5.74) is 5.24. The van der Waals surface area contributed by atoms with Gasteiger partial charge in [-0.1, -0.05) is 70.4 Å². The summed E-state index contributed by atoms with van der Waals surface area (Å²) in [7, 11) is -8.77. The topological polar surface area (TPSA) is 264 Å². The van der Waals surface area contributed by atoms with Crippen molar-refractivity contribution in [3.05, 3.63) is 12.2 Å². The van der Waals surface area contributed by atoms with Crippen LogP contribution in [0.4, 0.5) is 0 Å². The number of allylic oxidation sites excluding steroid dienone is 2. The van der Waals surface area contributed by atoms with Gasteiger partial charge in [0.1, 0.15) is 17.7 Å². The molecule has 0 aromatic heterocycles. The van der Waals surface area contributed by atoms with Gasteiger partial charge in [0.25, 0.3) is 20.2 Å². The molecule has 0 saturated carbocycles. The molecule has 1 unspecified atom stereocenters. The van der Waals surface area contributed by atoms with Gasteiger partial charge in [-0.3, -0.25) is 13.9 Å². The number of aliphatic hydroxyl groups excluding tert-OH is 1. The fourth-order valence-electron chi connectivity index (χ4n) is 2.97. The Bertz CT molecular complexity index is 874. The molecule has 0 bridgehead atoms. The Morgan fingerprint density at radius 3 is 1.40 bits per heavy atom. The molecule has 0 fully saturated rings. The molecule has 42 heavy (non-hydrogen) atoms. The van der Waals surface area contributed by atoms with Crippen LogP contribution in [0.3, 0.4) is 0 Å². The number of carboxylic acid groups (broad SMARTS) is 2. The van der Waals surface area contributed by atoms with Crippen LogP contribution in [0.2, 0.25) is 0 Å². The maximum atomic E-state index is 11.4. The zero-order chi connectivity index (χ0) is 31.5. The largest absolute Gasteiger partial charge is 1.00 e. The summed E-state index contributed by atoms with van der Waals surface area (Å²) in [5, 5.41) is 30.4. The molecule has 14 nitrogen and oxygen atoms in total. The Hall–Kier alpha value is -0.110. The summed E-state index contributed by atoms with van der Waals surface area (Å²) in [6, 6.07) is 0. The molecule has 0 aromatic rings. The molecule has 0 aliphatic carbocycles. The minimum atomic E-state index is -4.39. The molecule has 0 radical (unpaired) electrons. The summed E-state index contributed by atoms with van der Waals surface area (Å²) in [6.07, 6.45) is 20.5. The number of carbonyl (C=O) groups is 3. The minimum absolute atomic E-state index is 0. The van der Waals surface area contributed by atoms with Crippen molar-refractivity contribution >= 4 is 38.1 Å². The Morgan fingerprint density at radius 2 is 1.10 bits per heavy atom. The van der Waals surface area contributed by atoms with Gasteiger partial charge >= 0.3 is 59.1 Å². The number of aliphatic hydroxyl groups is 1. The molecule has 0 saturated heterocycles.